The Balaban J connectivity index is 0.00000576. The smallest absolute Gasteiger partial charge is 0.387 e. The molecule has 144 valence electrons. The topological polar surface area (TPSA) is 79.8 Å². The number of aliphatic imine (C=N–C) groups is 1. The summed E-state index contributed by atoms with van der Waals surface area (Å²) in [6, 6.07) is 6.45. The molecule has 0 heterocycles. The van der Waals surface area contributed by atoms with Crippen LogP contribution in [0.2, 0.25) is 0 Å². The van der Waals surface area contributed by atoms with Crippen molar-refractivity contribution in [2.45, 2.75) is 26.5 Å². The average Bonchev–Trinajstić information content (AvgIpc) is 2.48. The third kappa shape index (κ3) is 11.1. The van der Waals surface area contributed by atoms with Gasteiger partial charge in [-0.1, -0.05) is 18.2 Å². The van der Waals surface area contributed by atoms with Crippen LogP contribution in [0.25, 0.3) is 0 Å². The summed E-state index contributed by atoms with van der Waals surface area (Å²) in [4.78, 5) is 4.31. The van der Waals surface area contributed by atoms with Gasteiger partial charge in [-0.25, -0.2) is 13.4 Å². The van der Waals surface area contributed by atoms with Crippen LogP contribution < -0.4 is 15.4 Å². The number of rotatable bonds is 9. The number of benzene rings is 1. The van der Waals surface area contributed by atoms with Crippen molar-refractivity contribution in [3.8, 4) is 5.75 Å². The number of guanidine groups is 1. The number of para-hydroxylation sites is 1. The molecule has 1 rings (SSSR count). The molecule has 0 aromatic heterocycles. The molecule has 0 saturated heterocycles. The van der Waals surface area contributed by atoms with E-state index in [9.17, 15) is 17.2 Å². The highest BCUT2D eigenvalue weighted by Crippen LogP contribution is 2.20. The van der Waals surface area contributed by atoms with Gasteiger partial charge in [-0.15, -0.1) is 24.0 Å². The molecule has 0 saturated carbocycles. The molecular formula is C15H24F2IN3O3S. The van der Waals surface area contributed by atoms with Gasteiger partial charge in [0.25, 0.3) is 0 Å². The van der Waals surface area contributed by atoms with E-state index in [1.165, 1.54) is 12.3 Å². The quantitative estimate of drug-likeness (QED) is 0.240. The van der Waals surface area contributed by atoms with Crippen LogP contribution in [-0.4, -0.2) is 46.1 Å². The van der Waals surface area contributed by atoms with Crippen molar-refractivity contribution in [2.75, 3.05) is 25.1 Å². The van der Waals surface area contributed by atoms with Gasteiger partial charge in [0, 0.05) is 24.9 Å². The molecule has 0 unspecified atom stereocenters. The largest absolute Gasteiger partial charge is 0.434 e. The molecule has 0 fully saturated rings. The summed E-state index contributed by atoms with van der Waals surface area (Å²) in [6.07, 6.45) is 1.64. The van der Waals surface area contributed by atoms with Crippen molar-refractivity contribution in [1.29, 1.82) is 0 Å². The molecule has 0 radical (unpaired) electrons. The molecule has 0 aliphatic heterocycles. The fourth-order valence-corrected chi connectivity index (χ4v) is 2.56. The highest BCUT2D eigenvalue weighted by molar-refractivity contribution is 14.0. The van der Waals surface area contributed by atoms with Gasteiger partial charge < -0.3 is 15.4 Å². The lowest BCUT2D eigenvalue weighted by molar-refractivity contribution is -0.0504. The Bertz CT molecular complexity index is 643. The summed E-state index contributed by atoms with van der Waals surface area (Å²) in [7, 11) is -2.99. The van der Waals surface area contributed by atoms with E-state index >= 15 is 0 Å². The van der Waals surface area contributed by atoms with Crippen LogP contribution in [0.5, 0.6) is 5.75 Å². The minimum Gasteiger partial charge on any atom is -0.434 e. The van der Waals surface area contributed by atoms with Crippen molar-refractivity contribution in [2.24, 2.45) is 4.99 Å². The van der Waals surface area contributed by atoms with Gasteiger partial charge >= 0.3 is 6.61 Å². The first-order valence-corrected chi connectivity index (χ1v) is 9.60. The molecular weight excluding hydrogens is 467 g/mol. The summed E-state index contributed by atoms with van der Waals surface area (Å²) in [6.45, 7) is 0.213. The summed E-state index contributed by atoms with van der Waals surface area (Å²) >= 11 is 0. The van der Waals surface area contributed by atoms with Gasteiger partial charge in [0.2, 0.25) is 0 Å². The number of nitrogens with one attached hydrogen (secondary N) is 2. The van der Waals surface area contributed by atoms with E-state index in [4.69, 9.17) is 0 Å². The fourth-order valence-electron chi connectivity index (χ4n) is 1.89. The van der Waals surface area contributed by atoms with Gasteiger partial charge in [0.1, 0.15) is 15.6 Å². The summed E-state index contributed by atoms with van der Waals surface area (Å²) in [5.74, 6) is 0.659. The third-order valence-electron chi connectivity index (χ3n) is 2.92. The average molecular weight is 491 g/mol. The molecule has 0 atom stereocenters. The molecule has 0 aliphatic carbocycles. The normalized spacial score (nSPS) is 11.8. The lowest BCUT2D eigenvalue weighted by Gasteiger charge is -2.12. The maximum atomic E-state index is 12.4. The van der Waals surface area contributed by atoms with Crippen molar-refractivity contribution >= 4 is 39.8 Å². The standard InChI is InChI=1S/C15H23F2N3O3S.HI/c1-3-18-15(19-9-6-10-24(2,21)22)20-11-12-7-4-5-8-13(12)23-14(16)17;/h4-5,7-8,14H,3,6,9-11H2,1-2H3,(H2,18,19,20);1H. The number of hydrogen-bond acceptors (Lipinski definition) is 4. The first-order chi connectivity index (χ1) is 11.3. The Labute approximate surface area is 164 Å². The molecule has 25 heavy (non-hydrogen) atoms. The Morgan fingerprint density at radius 3 is 2.56 bits per heavy atom. The van der Waals surface area contributed by atoms with Gasteiger partial charge in [-0.05, 0) is 19.4 Å². The van der Waals surface area contributed by atoms with E-state index in [0.29, 0.717) is 31.0 Å². The van der Waals surface area contributed by atoms with Crippen molar-refractivity contribution in [3.05, 3.63) is 29.8 Å². The molecule has 1 aromatic carbocycles. The molecule has 0 amide bonds. The molecule has 6 nitrogen and oxygen atoms in total. The Kier molecular flexibility index (Phi) is 11.7. The maximum Gasteiger partial charge on any atom is 0.387 e. The number of ether oxygens (including phenoxy) is 1. The summed E-state index contributed by atoms with van der Waals surface area (Å²) in [5.41, 5.74) is 0.533. The van der Waals surface area contributed by atoms with E-state index < -0.39 is 16.4 Å². The number of halogens is 3. The second kappa shape index (κ2) is 12.2. The Hall–Kier alpha value is -1.17. The number of nitrogens with zero attached hydrogens (tertiary/aromatic N) is 1. The maximum absolute atomic E-state index is 12.4. The highest BCUT2D eigenvalue weighted by atomic mass is 127. The second-order valence-corrected chi connectivity index (χ2v) is 7.35. The van der Waals surface area contributed by atoms with E-state index in [1.807, 2.05) is 6.92 Å². The van der Waals surface area contributed by atoms with E-state index in [1.54, 1.807) is 18.2 Å². The number of sulfone groups is 1. The van der Waals surface area contributed by atoms with Crippen LogP contribution >= 0.6 is 24.0 Å². The van der Waals surface area contributed by atoms with Crippen LogP contribution in [-0.2, 0) is 16.4 Å². The van der Waals surface area contributed by atoms with E-state index in [-0.39, 0.29) is 42.0 Å². The second-order valence-electron chi connectivity index (χ2n) is 5.09. The first kappa shape index (κ1) is 23.8. The molecule has 10 heteroatoms. The Morgan fingerprint density at radius 2 is 1.96 bits per heavy atom. The van der Waals surface area contributed by atoms with Crippen LogP contribution in [0.3, 0.4) is 0 Å². The highest BCUT2D eigenvalue weighted by Gasteiger charge is 2.09. The molecule has 0 aliphatic rings. The monoisotopic (exact) mass is 491 g/mol. The SMILES string of the molecule is CCNC(=NCc1ccccc1OC(F)F)NCCCS(C)(=O)=O.I. The predicted octanol–water partition coefficient (Wildman–Crippen LogP) is 2.40. The van der Waals surface area contributed by atoms with E-state index in [2.05, 4.69) is 20.4 Å². The van der Waals surface area contributed by atoms with Gasteiger partial charge in [-0.3, -0.25) is 0 Å². The van der Waals surface area contributed by atoms with Crippen molar-refractivity contribution in [1.82, 2.24) is 10.6 Å². The van der Waals surface area contributed by atoms with E-state index in [0.717, 1.165) is 0 Å². The molecule has 2 N–H and O–H groups in total. The molecule has 0 bridgehead atoms. The zero-order chi connectivity index (χ0) is 18.0. The number of hydrogen-bond donors (Lipinski definition) is 2. The van der Waals surface area contributed by atoms with Crippen LogP contribution in [0.1, 0.15) is 18.9 Å². The third-order valence-corrected chi connectivity index (χ3v) is 3.96. The minimum atomic E-state index is -2.99. The first-order valence-electron chi connectivity index (χ1n) is 7.54. The van der Waals surface area contributed by atoms with Gasteiger partial charge in [-0.2, -0.15) is 8.78 Å². The molecule has 1 aromatic rings. The zero-order valence-electron chi connectivity index (χ0n) is 14.2. The lowest BCUT2D eigenvalue weighted by Crippen LogP contribution is -2.38. The van der Waals surface area contributed by atoms with Crippen molar-refractivity contribution in [3.63, 3.8) is 0 Å². The van der Waals surface area contributed by atoms with Gasteiger partial charge in [0.05, 0.1) is 12.3 Å². The minimum absolute atomic E-state index is 0. The Morgan fingerprint density at radius 1 is 1.28 bits per heavy atom. The summed E-state index contributed by atoms with van der Waals surface area (Å²) < 4.78 is 51.4. The van der Waals surface area contributed by atoms with Crippen molar-refractivity contribution < 1.29 is 21.9 Å². The van der Waals surface area contributed by atoms with Crippen LogP contribution in [0.15, 0.2) is 29.3 Å². The van der Waals surface area contributed by atoms with Gasteiger partial charge in [0.15, 0.2) is 5.96 Å². The van der Waals surface area contributed by atoms with Crippen LogP contribution in [0, 0.1) is 0 Å². The molecule has 0 spiro atoms. The van der Waals surface area contributed by atoms with Crippen LogP contribution in [0.4, 0.5) is 8.78 Å². The fraction of sp³-hybridized carbons (Fsp3) is 0.533. The predicted molar refractivity (Wildman–Crippen MR) is 106 cm³/mol. The number of alkyl halides is 2. The lowest BCUT2D eigenvalue weighted by atomic mass is 10.2. The zero-order valence-corrected chi connectivity index (χ0v) is 17.3. The summed E-state index contributed by atoms with van der Waals surface area (Å²) in [5, 5.41) is 6.02.